The van der Waals surface area contributed by atoms with E-state index in [2.05, 4.69) is 10.1 Å². The van der Waals surface area contributed by atoms with Crippen LogP contribution in [0.4, 0.5) is 0 Å². The Balaban J connectivity index is 1.99. The van der Waals surface area contributed by atoms with Gasteiger partial charge in [-0.15, -0.1) is 0 Å². The third-order valence-electron chi connectivity index (χ3n) is 3.09. The third-order valence-corrected chi connectivity index (χ3v) is 3.09. The highest BCUT2D eigenvalue weighted by molar-refractivity contribution is 5.94. The molecule has 0 aliphatic heterocycles. The molecule has 0 aliphatic rings. The van der Waals surface area contributed by atoms with Gasteiger partial charge in [0.25, 0.3) is 0 Å². The van der Waals surface area contributed by atoms with Gasteiger partial charge in [0.1, 0.15) is 11.3 Å². The van der Waals surface area contributed by atoms with Crippen LogP contribution < -0.4 is 4.74 Å². The predicted molar refractivity (Wildman–Crippen MR) is 76.6 cm³/mol. The summed E-state index contributed by atoms with van der Waals surface area (Å²) in [6.45, 7) is 2.56. The van der Waals surface area contributed by atoms with Crippen molar-refractivity contribution in [3.8, 4) is 16.9 Å². The van der Waals surface area contributed by atoms with Crippen molar-refractivity contribution in [2.75, 3.05) is 6.61 Å². The van der Waals surface area contributed by atoms with Crippen molar-refractivity contribution in [1.29, 1.82) is 0 Å². The first kappa shape index (κ1) is 13.1. The lowest BCUT2D eigenvalue weighted by molar-refractivity contribution is 0.0698. The third kappa shape index (κ3) is 2.43. The molecule has 0 saturated carbocycles. The minimum absolute atomic E-state index is 0.0910. The second-order valence-corrected chi connectivity index (χ2v) is 4.43. The molecule has 106 valence electrons. The quantitative estimate of drug-likeness (QED) is 0.796. The fourth-order valence-corrected chi connectivity index (χ4v) is 2.08. The molecule has 0 radical (unpaired) electrons. The van der Waals surface area contributed by atoms with Gasteiger partial charge in [0.05, 0.1) is 12.8 Å². The molecule has 1 N–H and O–H groups in total. The molecule has 0 amide bonds. The van der Waals surface area contributed by atoms with Gasteiger partial charge in [-0.25, -0.2) is 14.3 Å². The zero-order chi connectivity index (χ0) is 14.8. The molecule has 3 aromatic rings. The normalized spacial score (nSPS) is 10.7. The van der Waals surface area contributed by atoms with E-state index in [0.717, 1.165) is 16.9 Å². The van der Waals surface area contributed by atoms with Crippen molar-refractivity contribution >= 4 is 11.6 Å². The van der Waals surface area contributed by atoms with Crippen LogP contribution in [0.15, 0.2) is 42.9 Å². The summed E-state index contributed by atoms with van der Waals surface area (Å²) >= 11 is 0. The first-order valence-electron chi connectivity index (χ1n) is 6.49. The molecule has 0 aliphatic carbocycles. The van der Waals surface area contributed by atoms with Crippen LogP contribution in [0.5, 0.6) is 5.75 Å². The van der Waals surface area contributed by atoms with Crippen LogP contribution in [0.3, 0.4) is 0 Å². The minimum Gasteiger partial charge on any atom is -0.494 e. The number of aromatic nitrogens is 3. The van der Waals surface area contributed by atoms with Gasteiger partial charge in [-0.1, -0.05) is 12.1 Å². The number of aromatic carboxylic acids is 1. The van der Waals surface area contributed by atoms with E-state index < -0.39 is 5.97 Å². The van der Waals surface area contributed by atoms with Crippen molar-refractivity contribution in [3.63, 3.8) is 0 Å². The lowest BCUT2D eigenvalue weighted by Gasteiger charge is -2.05. The maximum Gasteiger partial charge on any atom is 0.341 e. The molecule has 6 nitrogen and oxygen atoms in total. The van der Waals surface area contributed by atoms with Gasteiger partial charge in [-0.2, -0.15) is 5.10 Å². The molecule has 2 heterocycles. The second-order valence-electron chi connectivity index (χ2n) is 4.43. The molecule has 0 fully saturated rings. The maximum atomic E-state index is 11.0. The van der Waals surface area contributed by atoms with Crippen LogP contribution >= 0.6 is 0 Å². The molecule has 2 aromatic heterocycles. The molecule has 0 spiro atoms. The highest BCUT2D eigenvalue weighted by Crippen LogP contribution is 2.22. The van der Waals surface area contributed by atoms with Crippen LogP contribution in [0.25, 0.3) is 16.8 Å². The van der Waals surface area contributed by atoms with Crippen LogP contribution in [-0.4, -0.2) is 32.3 Å². The van der Waals surface area contributed by atoms with Gasteiger partial charge in [0.15, 0.2) is 5.65 Å². The minimum atomic E-state index is -1.04. The summed E-state index contributed by atoms with van der Waals surface area (Å²) in [5, 5.41) is 13.1. The average molecular weight is 283 g/mol. The molecule has 0 unspecified atom stereocenters. The number of benzene rings is 1. The Kier molecular flexibility index (Phi) is 3.27. The van der Waals surface area contributed by atoms with Gasteiger partial charge >= 0.3 is 5.97 Å². The molecule has 0 bridgehead atoms. The van der Waals surface area contributed by atoms with Gasteiger partial charge in [0.2, 0.25) is 0 Å². The summed E-state index contributed by atoms with van der Waals surface area (Å²) in [5.41, 5.74) is 2.23. The molecular formula is C15H13N3O3. The summed E-state index contributed by atoms with van der Waals surface area (Å²) in [6, 6.07) is 7.62. The van der Waals surface area contributed by atoms with Gasteiger partial charge in [-0.05, 0) is 24.6 Å². The Bertz CT molecular complexity index is 794. The topological polar surface area (TPSA) is 76.7 Å². The number of carbonyl (C=O) groups is 1. The zero-order valence-electron chi connectivity index (χ0n) is 11.4. The Morgan fingerprint density at radius 3 is 2.67 bits per heavy atom. The van der Waals surface area contributed by atoms with Crippen molar-refractivity contribution in [2.45, 2.75) is 6.92 Å². The standard InChI is InChI=1S/C15H13N3O3/c1-2-21-12-5-3-10(4-6-12)11-7-16-14-13(15(19)20)8-17-18(14)9-11/h3-9H,2H2,1H3,(H,19,20). The van der Waals surface area contributed by atoms with Crippen molar-refractivity contribution < 1.29 is 14.6 Å². The Morgan fingerprint density at radius 1 is 1.24 bits per heavy atom. The summed E-state index contributed by atoms with van der Waals surface area (Å²) in [4.78, 5) is 15.2. The van der Waals surface area contributed by atoms with E-state index in [9.17, 15) is 4.79 Å². The predicted octanol–water partition coefficient (Wildman–Crippen LogP) is 2.49. The van der Waals surface area contributed by atoms with Crippen LogP contribution in [0, 0.1) is 0 Å². The Morgan fingerprint density at radius 2 is 2.00 bits per heavy atom. The number of nitrogens with zero attached hydrogens (tertiary/aromatic N) is 3. The SMILES string of the molecule is CCOc1ccc(-c2cnc3c(C(=O)O)cnn3c2)cc1. The van der Waals surface area contributed by atoms with Gasteiger partial charge in [0, 0.05) is 18.0 Å². The van der Waals surface area contributed by atoms with Crippen LogP contribution in [-0.2, 0) is 0 Å². The van der Waals surface area contributed by atoms with E-state index >= 15 is 0 Å². The van der Waals surface area contributed by atoms with E-state index in [-0.39, 0.29) is 5.56 Å². The summed E-state index contributed by atoms with van der Waals surface area (Å²) in [6.07, 6.45) is 4.69. The van der Waals surface area contributed by atoms with E-state index in [1.165, 1.54) is 10.7 Å². The molecule has 1 aromatic carbocycles. The lowest BCUT2D eigenvalue weighted by Crippen LogP contribution is -1.98. The summed E-state index contributed by atoms with van der Waals surface area (Å²) in [5.74, 6) is -0.228. The number of carboxylic acids is 1. The highest BCUT2D eigenvalue weighted by Gasteiger charge is 2.12. The number of hydrogen-bond acceptors (Lipinski definition) is 4. The smallest absolute Gasteiger partial charge is 0.341 e. The molecule has 0 atom stereocenters. The van der Waals surface area contributed by atoms with Crippen molar-refractivity contribution in [2.24, 2.45) is 0 Å². The largest absolute Gasteiger partial charge is 0.494 e. The van der Waals surface area contributed by atoms with E-state index in [4.69, 9.17) is 9.84 Å². The second kappa shape index (κ2) is 5.24. The fourth-order valence-electron chi connectivity index (χ4n) is 2.08. The molecule has 21 heavy (non-hydrogen) atoms. The molecule has 6 heteroatoms. The Labute approximate surface area is 120 Å². The van der Waals surface area contributed by atoms with Crippen molar-refractivity contribution in [3.05, 3.63) is 48.4 Å². The van der Waals surface area contributed by atoms with Crippen LogP contribution in [0.2, 0.25) is 0 Å². The number of rotatable bonds is 4. The number of hydrogen-bond donors (Lipinski definition) is 1. The van der Waals surface area contributed by atoms with Gasteiger partial charge < -0.3 is 9.84 Å². The first-order chi connectivity index (χ1) is 10.2. The average Bonchev–Trinajstić information content (AvgIpc) is 2.91. The number of fused-ring (bicyclic) bond motifs is 1. The number of ether oxygens (including phenoxy) is 1. The van der Waals surface area contributed by atoms with Gasteiger partial charge in [-0.3, -0.25) is 0 Å². The summed E-state index contributed by atoms with van der Waals surface area (Å²) < 4.78 is 6.87. The maximum absolute atomic E-state index is 11.0. The van der Waals surface area contributed by atoms with E-state index in [1.807, 2.05) is 31.2 Å². The summed E-state index contributed by atoms with van der Waals surface area (Å²) in [7, 11) is 0. The highest BCUT2D eigenvalue weighted by atomic mass is 16.5. The van der Waals surface area contributed by atoms with E-state index in [1.54, 1.807) is 12.4 Å². The Hall–Kier alpha value is -2.89. The van der Waals surface area contributed by atoms with Crippen LogP contribution in [0.1, 0.15) is 17.3 Å². The zero-order valence-corrected chi connectivity index (χ0v) is 11.4. The molecular weight excluding hydrogens is 270 g/mol. The van der Waals surface area contributed by atoms with Crippen molar-refractivity contribution in [1.82, 2.24) is 14.6 Å². The fraction of sp³-hybridized carbons (Fsp3) is 0.133. The molecule has 0 saturated heterocycles. The van der Waals surface area contributed by atoms with E-state index in [0.29, 0.717) is 12.3 Å². The first-order valence-corrected chi connectivity index (χ1v) is 6.49. The number of carboxylic acid groups (broad SMARTS) is 1. The molecule has 3 rings (SSSR count). The lowest BCUT2D eigenvalue weighted by atomic mass is 10.1. The monoisotopic (exact) mass is 283 g/mol.